The maximum absolute atomic E-state index is 12.1. The first kappa shape index (κ1) is 19.6. The van der Waals surface area contributed by atoms with Crippen molar-refractivity contribution in [3.05, 3.63) is 60.5 Å². The number of ether oxygens (including phenoxy) is 1. The van der Waals surface area contributed by atoms with Crippen molar-refractivity contribution in [2.75, 3.05) is 32.6 Å². The zero-order valence-electron chi connectivity index (χ0n) is 16.1. The number of rotatable bonds is 9. The summed E-state index contributed by atoms with van der Waals surface area (Å²) in [5, 5.41) is 6.90. The maximum atomic E-state index is 12.1. The van der Waals surface area contributed by atoms with Crippen molar-refractivity contribution in [3.8, 4) is 17.1 Å². The Balaban J connectivity index is 1.40. The Hall–Kier alpha value is -3.19. The van der Waals surface area contributed by atoms with Crippen LogP contribution in [0.25, 0.3) is 11.4 Å². The van der Waals surface area contributed by atoms with Crippen molar-refractivity contribution in [3.63, 3.8) is 0 Å². The fourth-order valence-corrected chi connectivity index (χ4v) is 2.76. The van der Waals surface area contributed by atoms with Crippen LogP contribution in [0, 0.1) is 0 Å². The molecule has 7 heteroatoms. The molecule has 0 radical (unpaired) electrons. The highest BCUT2D eigenvalue weighted by Crippen LogP contribution is 2.16. The molecule has 0 saturated heterocycles. The Bertz CT molecular complexity index is 878. The molecule has 1 N–H and O–H groups in total. The highest BCUT2D eigenvalue weighted by molar-refractivity contribution is 5.92. The number of nitrogens with one attached hydrogen (secondary N) is 1. The molecule has 0 aliphatic carbocycles. The van der Waals surface area contributed by atoms with E-state index in [0.717, 1.165) is 30.0 Å². The van der Waals surface area contributed by atoms with Crippen LogP contribution in [0.3, 0.4) is 0 Å². The van der Waals surface area contributed by atoms with Crippen molar-refractivity contribution < 1.29 is 14.1 Å². The second-order valence-electron chi connectivity index (χ2n) is 6.50. The summed E-state index contributed by atoms with van der Waals surface area (Å²) in [6.45, 7) is 1.06. The van der Waals surface area contributed by atoms with Crippen LogP contribution in [-0.2, 0) is 11.2 Å². The van der Waals surface area contributed by atoms with Crippen LogP contribution in [0.5, 0.6) is 5.75 Å². The molecule has 0 atom stereocenters. The van der Waals surface area contributed by atoms with Crippen LogP contribution in [0.2, 0.25) is 0 Å². The van der Waals surface area contributed by atoms with E-state index in [9.17, 15) is 4.79 Å². The van der Waals surface area contributed by atoms with Crippen molar-refractivity contribution in [1.82, 2.24) is 15.0 Å². The number of anilines is 1. The van der Waals surface area contributed by atoms with Gasteiger partial charge in [-0.05, 0) is 44.3 Å². The normalized spacial score (nSPS) is 10.8. The third kappa shape index (κ3) is 5.65. The van der Waals surface area contributed by atoms with Gasteiger partial charge in [0.15, 0.2) is 0 Å². The number of carbonyl (C=O) groups is 1. The summed E-state index contributed by atoms with van der Waals surface area (Å²) >= 11 is 0. The number of likely N-dealkylation sites (N-methyl/N-ethyl adjacent to an activating group) is 1. The minimum absolute atomic E-state index is 0.0585. The summed E-state index contributed by atoms with van der Waals surface area (Å²) in [7, 11) is 3.52. The standard InChI is InChI=1S/C21H24N4O3/c1-25(15-19(26)22-17-10-12-18(27-2)13-11-17)14-6-9-20-23-21(24-28-20)16-7-4-3-5-8-16/h3-5,7-8,10-13H,6,9,14-15H2,1-2H3,(H,22,26). The number of aryl methyl sites for hydroxylation is 1. The van der Waals surface area contributed by atoms with Gasteiger partial charge in [-0.25, -0.2) is 0 Å². The Kier molecular flexibility index (Phi) is 6.75. The Morgan fingerprint density at radius 1 is 1.14 bits per heavy atom. The highest BCUT2D eigenvalue weighted by Gasteiger charge is 2.10. The fourth-order valence-electron chi connectivity index (χ4n) is 2.76. The Morgan fingerprint density at radius 3 is 2.61 bits per heavy atom. The molecular formula is C21H24N4O3. The van der Waals surface area contributed by atoms with Gasteiger partial charge in [-0.2, -0.15) is 4.98 Å². The summed E-state index contributed by atoms with van der Waals surface area (Å²) in [6.07, 6.45) is 1.49. The van der Waals surface area contributed by atoms with Gasteiger partial charge in [-0.1, -0.05) is 35.5 Å². The minimum atomic E-state index is -0.0585. The second-order valence-corrected chi connectivity index (χ2v) is 6.50. The number of hydrogen-bond donors (Lipinski definition) is 1. The lowest BCUT2D eigenvalue weighted by molar-refractivity contribution is -0.117. The topological polar surface area (TPSA) is 80.5 Å². The first-order chi connectivity index (χ1) is 13.6. The average Bonchev–Trinajstić information content (AvgIpc) is 3.18. The molecule has 0 aliphatic heterocycles. The summed E-state index contributed by atoms with van der Waals surface area (Å²) in [4.78, 5) is 18.5. The zero-order chi connectivity index (χ0) is 19.8. The predicted molar refractivity (Wildman–Crippen MR) is 107 cm³/mol. The Morgan fingerprint density at radius 2 is 1.89 bits per heavy atom. The zero-order valence-corrected chi connectivity index (χ0v) is 16.1. The summed E-state index contributed by atoms with van der Waals surface area (Å²) in [5.41, 5.74) is 1.68. The van der Waals surface area contributed by atoms with Crippen molar-refractivity contribution in [2.45, 2.75) is 12.8 Å². The molecule has 2 aromatic carbocycles. The molecule has 28 heavy (non-hydrogen) atoms. The van der Waals surface area contributed by atoms with Crippen LogP contribution in [0.15, 0.2) is 59.1 Å². The van der Waals surface area contributed by atoms with Crippen LogP contribution in [-0.4, -0.2) is 48.2 Å². The molecule has 0 bridgehead atoms. The van der Waals surface area contributed by atoms with Gasteiger partial charge in [0, 0.05) is 17.7 Å². The van der Waals surface area contributed by atoms with Gasteiger partial charge in [0.2, 0.25) is 17.6 Å². The van der Waals surface area contributed by atoms with Crippen LogP contribution in [0.4, 0.5) is 5.69 Å². The molecule has 3 aromatic rings. The van der Waals surface area contributed by atoms with E-state index < -0.39 is 0 Å². The number of nitrogens with zero attached hydrogens (tertiary/aromatic N) is 3. The number of benzene rings is 2. The van der Waals surface area contributed by atoms with Crippen molar-refractivity contribution in [1.29, 1.82) is 0 Å². The second kappa shape index (κ2) is 9.66. The fraction of sp³-hybridized carbons (Fsp3) is 0.286. The summed E-state index contributed by atoms with van der Waals surface area (Å²) in [6, 6.07) is 17.0. The lowest BCUT2D eigenvalue weighted by atomic mass is 10.2. The largest absolute Gasteiger partial charge is 0.497 e. The first-order valence-corrected chi connectivity index (χ1v) is 9.14. The minimum Gasteiger partial charge on any atom is -0.497 e. The van der Waals surface area contributed by atoms with E-state index in [4.69, 9.17) is 9.26 Å². The summed E-state index contributed by atoms with van der Waals surface area (Å²) < 4.78 is 10.4. The monoisotopic (exact) mass is 380 g/mol. The molecule has 1 heterocycles. The van der Waals surface area contributed by atoms with Gasteiger partial charge in [-0.3, -0.25) is 9.69 Å². The molecule has 0 aliphatic rings. The first-order valence-electron chi connectivity index (χ1n) is 9.14. The van der Waals surface area contributed by atoms with E-state index in [-0.39, 0.29) is 5.91 Å². The van der Waals surface area contributed by atoms with Crippen LogP contribution >= 0.6 is 0 Å². The van der Waals surface area contributed by atoms with Gasteiger partial charge < -0.3 is 14.6 Å². The van der Waals surface area contributed by atoms with E-state index in [1.165, 1.54) is 0 Å². The molecule has 3 rings (SSSR count). The smallest absolute Gasteiger partial charge is 0.238 e. The lowest BCUT2D eigenvalue weighted by Crippen LogP contribution is -2.31. The number of carbonyl (C=O) groups excluding carboxylic acids is 1. The molecule has 1 aromatic heterocycles. The van der Waals surface area contributed by atoms with Crippen molar-refractivity contribution >= 4 is 11.6 Å². The van der Waals surface area contributed by atoms with Crippen LogP contribution < -0.4 is 10.1 Å². The van der Waals surface area contributed by atoms with E-state index in [2.05, 4.69) is 15.5 Å². The van der Waals surface area contributed by atoms with E-state index in [1.54, 1.807) is 7.11 Å². The third-order valence-corrected chi connectivity index (χ3v) is 4.22. The molecule has 146 valence electrons. The summed E-state index contributed by atoms with van der Waals surface area (Å²) in [5.74, 6) is 1.90. The maximum Gasteiger partial charge on any atom is 0.238 e. The third-order valence-electron chi connectivity index (χ3n) is 4.22. The van der Waals surface area contributed by atoms with E-state index in [1.807, 2.05) is 66.5 Å². The van der Waals surface area contributed by atoms with Gasteiger partial charge in [0.25, 0.3) is 0 Å². The van der Waals surface area contributed by atoms with Gasteiger partial charge in [0.05, 0.1) is 13.7 Å². The highest BCUT2D eigenvalue weighted by atomic mass is 16.5. The molecule has 1 amide bonds. The number of methoxy groups -OCH3 is 1. The van der Waals surface area contributed by atoms with Gasteiger partial charge >= 0.3 is 0 Å². The molecule has 0 saturated carbocycles. The molecule has 7 nitrogen and oxygen atoms in total. The van der Waals surface area contributed by atoms with E-state index in [0.29, 0.717) is 24.7 Å². The number of aromatic nitrogens is 2. The number of amides is 1. The quantitative estimate of drug-likeness (QED) is 0.614. The Labute approximate surface area is 164 Å². The molecule has 0 spiro atoms. The molecular weight excluding hydrogens is 356 g/mol. The average molecular weight is 380 g/mol. The molecule has 0 fully saturated rings. The predicted octanol–water partition coefficient (Wildman–Crippen LogP) is 3.25. The SMILES string of the molecule is COc1ccc(NC(=O)CN(C)CCCc2nc(-c3ccccc3)no2)cc1. The number of hydrogen-bond acceptors (Lipinski definition) is 6. The van der Waals surface area contributed by atoms with Crippen LogP contribution in [0.1, 0.15) is 12.3 Å². The lowest BCUT2D eigenvalue weighted by Gasteiger charge is -2.15. The van der Waals surface area contributed by atoms with Gasteiger partial charge in [-0.15, -0.1) is 0 Å². The van der Waals surface area contributed by atoms with Crippen molar-refractivity contribution in [2.24, 2.45) is 0 Å². The molecule has 0 unspecified atom stereocenters. The van der Waals surface area contributed by atoms with E-state index >= 15 is 0 Å². The van der Waals surface area contributed by atoms with Gasteiger partial charge in [0.1, 0.15) is 5.75 Å².